The molecule has 3 aromatic rings. The van der Waals surface area contributed by atoms with Crippen LogP contribution < -0.4 is 9.47 Å². The molecule has 0 aromatic heterocycles. The van der Waals surface area contributed by atoms with Crippen molar-refractivity contribution in [3.05, 3.63) is 108 Å². The number of methoxy groups -OCH3 is 2. The predicted molar refractivity (Wildman–Crippen MR) is 177 cm³/mol. The molecule has 0 aliphatic heterocycles. The first-order valence-electron chi connectivity index (χ1n) is 16.0. The third kappa shape index (κ3) is 14.3. The van der Waals surface area contributed by atoms with Crippen LogP contribution in [0.25, 0.3) is 0 Å². The van der Waals surface area contributed by atoms with E-state index in [1.165, 1.54) is 37.7 Å². The molecular weight excluding hydrogens is 552 g/mol. The van der Waals surface area contributed by atoms with Gasteiger partial charge >= 0.3 is 0 Å². The summed E-state index contributed by atoms with van der Waals surface area (Å²) in [5.41, 5.74) is 2.77. The van der Waals surface area contributed by atoms with Gasteiger partial charge < -0.3 is 23.7 Å². The maximum atomic E-state index is 12.5. The molecule has 0 amide bonds. The minimum atomic E-state index is -0.186. The molecule has 44 heavy (non-hydrogen) atoms. The van der Waals surface area contributed by atoms with Crippen molar-refractivity contribution in [2.45, 2.75) is 70.3 Å². The molecule has 0 bridgehead atoms. The van der Waals surface area contributed by atoms with Crippen LogP contribution in [0.3, 0.4) is 0 Å². The van der Waals surface area contributed by atoms with Gasteiger partial charge in [0.15, 0.2) is 5.78 Å². The summed E-state index contributed by atoms with van der Waals surface area (Å²) in [5.74, 6) is 1.64. The molecule has 3 rings (SSSR count). The zero-order valence-electron chi connectivity index (χ0n) is 26.6. The fourth-order valence-electron chi connectivity index (χ4n) is 4.80. The molecule has 0 spiro atoms. The van der Waals surface area contributed by atoms with Crippen LogP contribution in [0.2, 0.25) is 0 Å². The fraction of sp³-hybridized carbons (Fsp3) is 0.447. The third-order valence-electron chi connectivity index (χ3n) is 7.39. The van der Waals surface area contributed by atoms with Gasteiger partial charge in [-0.2, -0.15) is 0 Å². The summed E-state index contributed by atoms with van der Waals surface area (Å²) in [6, 6.07) is 25.0. The summed E-state index contributed by atoms with van der Waals surface area (Å²) in [6.07, 6.45) is 16.1. The Hall–Kier alpha value is -3.45. The van der Waals surface area contributed by atoms with Crippen LogP contribution in [0.15, 0.2) is 91.0 Å². The number of carbonyl (C=O) groups excluding carboxylic acids is 1. The molecule has 0 aliphatic rings. The van der Waals surface area contributed by atoms with Gasteiger partial charge in [-0.15, -0.1) is 0 Å². The van der Waals surface area contributed by atoms with Gasteiger partial charge in [0.2, 0.25) is 0 Å². The summed E-state index contributed by atoms with van der Waals surface area (Å²) in [7, 11) is 3.26. The van der Waals surface area contributed by atoms with E-state index in [9.17, 15) is 4.79 Å². The Morgan fingerprint density at radius 1 is 0.682 bits per heavy atom. The number of aryl methyl sites for hydroxylation is 1. The molecule has 6 heteroatoms. The molecule has 0 fully saturated rings. The molecule has 0 aliphatic carbocycles. The van der Waals surface area contributed by atoms with Crippen molar-refractivity contribution in [3.8, 4) is 11.5 Å². The predicted octanol–water partition coefficient (Wildman–Crippen LogP) is 8.62. The van der Waals surface area contributed by atoms with Gasteiger partial charge in [-0.05, 0) is 68.4 Å². The number of carbonyl (C=O) groups is 1. The van der Waals surface area contributed by atoms with Crippen molar-refractivity contribution in [1.82, 2.24) is 0 Å². The maximum Gasteiger partial charge on any atom is 0.193 e. The zero-order valence-corrected chi connectivity index (χ0v) is 26.6. The first-order chi connectivity index (χ1) is 21.7. The second-order valence-corrected chi connectivity index (χ2v) is 10.9. The lowest BCUT2D eigenvalue weighted by Gasteiger charge is -2.18. The summed E-state index contributed by atoms with van der Waals surface area (Å²) < 4.78 is 27.6. The average Bonchev–Trinajstić information content (AvgIpc) is 3.07. The monoisotopic (exact) mass is 602 g/mol. The highest BCUT2D eigenvalue weighted by Crippen LogP contribution is 2.18. The summed E-state index contributed by atoms with van der Waals surface area (Å²) in [5, 5.41) is 0. The average molecular weight is 603 g/mol. The van der Waals surface area contributed by atoms with E-state index < -0.39 is 0 Å². The van der Waals surface area contributed by atoms with Gasteiger partial charge in [0.25, 0.3) is 0 Å². The summed E-state index contributed by atoms with van der Waals surface area (Å²) in [4.78, 5) is 12.5. The van der Waals surface area contributed by atoms with E-state index >= 15 is 0 Å². The molecular formula is C38H50O6. The lowest BCUT2D eigenvalue weighted by molar-refractivity contribution is -0.108. The molecule has 0 N–H and O–H groups in total. The summed E-state index contributed by atoms with van der Waals surface area (Å²) >= 11 is 0. The molecule has 3 aromatic carbocycles. The van der Waals surface area contributed by atoms with E-state index in [1.54, 1.807) is 14.2 Å². The highest BCUT2D eigenvalue weighted by Gasteiger charge is 2.11. The number of unbranched alkanes of at least 4 members (excludes halogenated alkanes) is 7. The normalized spacial score (nSPS) is 12.0. The van der Waals surface area contributed by atoms with Gasteiger partial charge in [0.05, 0.1) is 13.7 Å². The standard InChI is InChI=1S/C38H50O6/c1-40-31-44-37(30-43-36-26-24-35(41-2)25-27-36)29-42-28-16-11-9-7-5-3-4-6-8-10-13-17-32-20-22-34(23-21-32)38(39)33-18-14-12-15-19-33/h6,8,12,14-15,18-27,37H,3-5,7,9-11,13,16-17,28-31H2,1-2H3/b8-6-/t37-/m1/s1. The number of ketones is 1. The quantitative estimate of drug-likeness (QED) is 0.0443. The number of rotatable bonds is 24. The molecule has 0 saturated heterocycles. The van der Waals surface area contributed by atoms with Crippen molar-refractivity contribution in [2.75, 3.05) is 40.8 Å². The van der Waals surface area contributed by atoms with Gasteiger partial charge in [-0.25, -0.2) is 0 Å². The smallest absolute Gasteiger partial charge is 0.193 e. The van der Waals surface area contributed by atoms with Gasteiger partial charge in [0.1, 0.15) is 31.0 Å². The summed E-state index contributed by atoms with van der Waals surface area (Å²) in [6.45, 7) is 1.82. The number of allylic oxidation sites excluding steroid dienone is 2. The van der Waals surface area contributed by atoms with Crippen molar-refractivity contribution in [3.63, 3.8) is 0 Å². The maximum absolute atomic E-state index is 12.5. The Kier molecular flexibility index (Phi) is 17.6. The van der Waals surface area contributed by atoms with Crippen LogP contribution in [0.1, 0.15) is 79.3 Å². The molecule has 0 unspecified atom stereocenters. The highest BCUT2D eigenvalue weighted by molar-refractivity contribution is 6.08. The Morgan fingerprint density at radius 2 is 1.32 bits per heavy atom. The van der Waals surface area contributed by atoms with Crippen LogP contribution in [-0.2, 0) is 20.6 Å². The van der Waals surface area contributed by atoms with E-state index in [2.05, 4.69) is 24.3 Å². The molecule has 6 nitrogen and oxygen atoms in total. The van der Waals surface area contributed by atoms with E-state index in [4.69, 9.17) is 23.7 Å². The minimum Gasteiger partial charge on any atom is -0.497 e. The van der Waals surface area contributed by atoms with Crippen molar-refractivity contribution in [1.29, 1.82) is 0 Å². The first-order valence-corrected chi connectivity index (χ1v) is 16.0. The molecule has 0 radical (unpaired) electrons. The largest absolute Gasteiger partial charge is 0.497 e. The van der Waals surface area contributed by atoms with Crippen molar-refractivity contribution < 1.29 is 28.5 Å². The number of benzene rings is 3. The molecule has 0 heterocycles. The number of hydrogen-bond donors (Lipinski definition) is 0. The van der Waals surface area contributed by atoms with Gasteiger partial charge in [0, 0.05) is 24.8 Å². The second-order valence-electron chi connectivity index (χ2n) is 10.9. The van der Waals surface area contributed by atoms with Crippen LogP contribution in [0, 0.1) is 0 Å². The Bertz CT molecular complexity index is 1170. The van der Waals surface area contributed by atoms with Crippen molar-refractivity contribution in [2.24, 2.45) is 0 Å². The number of ether oxygens (including phenoxy) is 5. The first kappa shape index (κ1) is 35.0. The van der Waals surface area contributed by atoms with E-state index in [1.807, 2.05) is 66.7 Å². The lowest BCUT2D eigenvalue weighted by atomic mass is 10.0. The van der Waals surface area contributed by atoms with Crippen LogP contribution in [0.4, 0.5) is 0 Å². The van der Waals surface area contributed by atoms with Crippen molar-refractivity contribution >= 4 is 5.78 Å². The minimum absolute atomic E-state index is 0.0796. The fourth-order valence-corrected chi connectivity index (χ4v) is 4.80. The molecule has 0 saturated carbocycles. The molecule has 238 valence electrons. The lowest BCUT2D eigenvalue weighted by Crippen LogP contribution is -2.28. The Balaban J connectivity index is 1.14. The second kappa shape index (κ2) is 22.1. The van der Waals surface area contributed by atoms with Crippen LogP contribution in [-0.4, -0.2) is 52.7 Å². The zero-order chi connectivity index (χ0) is 31.1. The van der Waals surface area contributed by atoms with Crippen LogP contribution in [0.5, 0.6) is 11.5 Å². The molecule has 1 atom stereocenters. The van der Waals surface area contributed by atoms with Crippen LogP contribution >= 0.6 is 0 Å². The highest BCUT2D eigenvalue weighted by atomic mass is 16.7. The number of hydrogen-bond acceptors (Lipinski definition) is 6. The Morgan fingerprint density at radius 3 is 2.02 bits per heavy atom. The third-order valence-corrected chi connectivity index (χ3v) is 7.39. The van der Waals surface area contributed by atoms with E-state index in [-0.39, 0.29) is 18.7 Å². The topological polar surface area (TPSA) is 63.2 Å². The van der Waals surface area contributed by atoms with E-state index in [0.29, 0.717) is 13.2 Å². The van der Waals surface area contributed by atoms with Gasteiger partial charge in [-0.1, -0.05) is 92.4 Å². The van der Waals surface area contributed by atoms with Gasteiger partial charge in [-0.3, -0.25) is 4.79 Å². The van der Waals surface area contributed by atoms with E-state index in [0.717, 1.165) is 61.3 Å². The SMILES string of the molecule is COCO[C@H](COCCCCCCCC/C=C\CCCc1ccc(C(=O)c2ccccc2)cc1)COc1ccc(OC)cc1. The Labute approximate surface area is 264 Å².